The molecular formula is C48H41ClF10N9O12PS2. The molecule has 6 aromatic rings. The van der Waals surface area contributed by atoms with Crippen LogP contribution in [0.2, 0.25) is 5.02 Å². The van der Waals surface area contributed by atoms with Crippen LogP contribution >= 0.6 is 19.4 Å². The van der Waals surface area contributed by atoms with Crippen molar-refractivity contribution in [3.63, 3.8) is 0 Å². The van der Waals surface area contributed by atoms with Gasteiger partial charge in [-0.15, -0.1) is 0 Å². The van der Waals surface area contributed by atoms with Crippen molar-refractivity contribution >= 4 is 79.7 Å². The second-order valence-corrected chi connectivity index (χ2v) is 25.7. The SMILES string of the molecule is CN(C(=O)N(c1nn(CC(F)(F)F)c2c(-c3ccc(C#CC(C)(C)S(C)(=O)=O)nc3C(Cc3cc(F)cc(F)c3)NC(=O)Cn3nc(C(F)(F)F)c4c3C(F)(F)[C@@H]3C[C@H]43)ccc(Cl)c12)S(C)(=O)=O)c1ncc(C(=O)O)cc1COP(=O)(O)O. The lowest BCUT2D eigenvalue weighted by Crippen LogP contribution is -2.45. The number of anilines is 2. The van der Waals surface area contributed by atoms with Gasteiger partial charge in [0.1, 0.15) is 46.7 Å². The summed E-state index contributed by atoms with van der Waals surface area (Å²) in [6.45, 7) is -2.28. The number of carboxylic acid groups (broad SMARTS) is 1. The molecule has 0 bridgehead atoms. The van der Waals surface area contributed by atoms with E-state index in [9.17, 15) is 85.8 Å². The fourth-order valence-corrected chi connectivity index (χ4v) is 10.8. The van der Waals surface area contributed by atoms with Gasteiger partial charge in [0, 0.05) is 53.7 Å². The van der Waals surface area contributed by atoms with Gasteiger partial charge in [-0.1, -0.05) is 23.6 Å². The van der Waals surface area contributed by atoms with E-state index >= 15 is 8.78 Å². The summed E-state index contributed by atoms with van der Waals surface area (Å²) >= 11 is 6.71. The lowest BCUT2D eigenvalue weighted by molar-refractivity contribution is -0.143. The second-order valence-electron chi connectivity index (χ2n) is 19.7. The number of aromatic carboxylic acids is 1. The number of sulfone groups is 1. The summed E-state index contributed by atoms with van der Waals surface area (Å²) in [6, 6.07) is 3.16. The summed E-state index contributed by atoms with van der Waals surface area (Å²) in [7, 11) is -13.7. The Morgan fingerprint density at radius 3 is 2.17 bits per heavy atom. The molecule has 2 aliphatic rings. The molecule has 4 N–H and O–H groups in total. The molecule has 1 fully saturated rings. The number of rotatable bonds is 16. The molecule has 0 aliphatic heterocycles. The average Bonchev–Trinajstić information content (AvgIpc) is 1.74. The van der Waals surface area contributed by atoms with E-state index in [2.05, 4.69) is 41.8 Å². The Hall–Kier alpha value is -7.21. The molecule has 3 atom stereocenters. The Kier molecular flexibility index (Phi) is 16.0. The number of aromatic nitrogens is 6. The topological polar surface area (TPSA) is 286 Å². The number of carbonyl (C=O) groups excluding carboxylic acids is 2. The summed E-state index contributed by atoms with van der Waals surface area (Å²) in [4.78, 5) is 68.2. The summed E-state index contributed by atoms with van der Waals surface area (Å²) in [5, 5.41) is 17.9. The number of urea groups is 1. The number of alkyl halides is 8. The van der Waals surface area contributed by atoms with Gasteiger partial charge in [0.2, 0.25) is 15.9 Å². The van der Waals surface area contributed by atoms with Gasteiger partial charge in [-0.05, 0) is 80.5 Å². The van der Waals surface area contributed by atoms with Gasteiger partial charge in [0.15, 0.2) is 21.3 Å². The Labute approximate surface area is 467 Å². The zero-order valence-electron chi connectivity index (χ0n) is 43.0. The Morgan fingerprint density at radius 2 is 1.59 bits per heavy atom. The molecule has 2 aromatic carbocycles. The van der Waals surface area contributed by atoms with E-state index in [1.54, 1.807) is 0 Å². The number of carbonyl (C=O) groups is 3. The van der Waals surface area contributed by atoms with Crippen LogP contribution in [0.15, 0.2) is 54.7 Å². The number of sulfonamides is 1. The van der Waals surface area contributed by atoms with Crippen LogP contribution in [0.5, 0.6) is 0 Å². The molecule has 1 saturated carbocycles. The van der Waals surface area contributed by atoms with Crippen LogP contribution in [0.25, 0.3) is 22.0 Å². The van der Waals surface area contributed by atoms with E-state index < -0.39 is 197 Å². The molecule has 21 nitrogen and oxygen atoms in total. The maximum atomic E-state index is 15.7. The molecule has 0 spiro atoms. The minimum atomic E-state index is -5.35. The third kappa shape index (κ3) is 12.8. The highest BCUT2D eigenvalue weighted by atomic mass is 35.5. The highest BCUT2D eigenvalue weighted by molar-refractivity contribution is 7.93. The van der Waals surface area contributed by atoms with E-state index in [0.717, 1.165) is 55.8 Å². The summed E-state index contributed by atoms with van der Waals surface area (Å²) in [6.07, 6.45) is -9.79. The number of fused-ring (bicyclic) bond motifs is 4. The first-order chi connectivity index (χ1) is 38.1. The number of nitrogens with zero attached hydrogens (tertiary/aromatic N) is 8. The van der Waals surface area contributed by atoms with Gasteiger partial charge < -0.3 is 20.2 Å². The van der Waals surface area contributed by atoms with Crippen molar-refractivity contribution < 1.29 is 99.1 Å². The highest BCUT2D eigenvalue weighted by Gasteiger charge is 2.68. The van der Waals surface area contributed by atoms with Gasteiger partial charge in [0.25, 0.3) is 5.92 Å². The number of hydrogen-bond acceptors (Lipinski definition) is 13. The first-order valence-electron chi connectivity index (χ1n) is 23.6. The quantitative estimate of drug-likeness (QED) is 0.0405. The largest absolute Gasteiger partial charge is 0.478 e. The molecule has 35 heteroatoms. The monoisotopic (exact) mass is 1260 g/mol. The van der Waals surface area contributed by atoms with E-state index in [-0.39, 0.29) is 31.3 Å². The molecule has 1 unspecified atom stereocenters. The van der Waals surface area contributed by atoms with E-state index in [0.29, 0.717) is 23.4 Å². The number of carboxylic acids is 1. The number of halogens is 11. The van der Waals surface area contributed by atoms with E-state index in [1.807, 2.05) is 0 Å². The number of phosphoric acid groups is 1. The van der Waals surface area contributed by atoms with E-state index in [4.69, 9.17) is 11.6 Å². The van der Waals surface area contributed by atoms with Crippen molar-refractivity contribution in [2.75, 3.05) is 28.8 Å². The molecule has 444 valence electrons. The smallest absolute Gasteiger partial charge is 0.469 e. The van der Waals surface area contributed by atoms with Gasteiger partial charge in [-0.3, -0.25) is 23.6 Å². The van der Waals surface area contributed by atoms with Crippen LogP contribution in [-0.2, 0) is 72.0 Å². The van der Waals surface area contributed by atoms with Crippen molar-refractivity contribution in [1.29, 1.82) is 0 Å². The lowest BCUT2D eigenvalue weighted by Gasteiger charge is -2.26. The maximum absolute atomic E-state index is 15.7. The minimum Gasteiger partial charge on any atom is -0.478 e. The maximum Gasteiger partial charge on any atom is 0.469 e. The van der Waals surface area contributed by atoms with Crippen LogP contribution in [0.4, 0.5) is 60.3 Å². The number of benzene rings is 2. The molecule has 0 radical (unpaired) electrons. The molecular weight excluding hydrogens is 1220 g/mol. The molecule has 8 rings (SSSR count). The first kappa shape index (κ1) is 61.9. The normalized spacial score (nSPS) is 16.4. The van der Waals surface area contributed by atoms with Crippen molar-refractivity contribution in [2.24, 2.45) is 5.92 Å². The lowest BCUT2D eigenvalue weighted by atomic mass is 9.93. The average molecular weight is 1260 g/mol. The fourth-order valence-electron chi connectivity index (χ4n) is 9.20. The third-order valence-electron chi connectivity index (χ3n) is 13.2. The summed E-state index contributed by atoms with van der Waals surface area (Å²) < 4.78 is 216. The van der Waals surface area contributed by atoms with Crippen LogP contribution in [0.3, 0.4) is 0 Å². The van der Waals surface area contributed by atoms with Crippen LogP contribution < -0.4 is 14.5 Å². The molecule has 4 aromatic heterocycles. The standard InChI is InChI=1S/C48H41ClF10N9O12PS2/c1-45(2,82(4,76)77)11-10-27-6-7-28(37(61-27)33(14-22-12-25(50)16-26(51)13-22)62-34(69)19-66-40-35(39(63-66)48(57,58)59)30-17-31(30)47(40,55)56)29-8-9-32(49)36-38(29)67(21-46(52,53)54)64-42(36)68(83(5,78)79)44(72)65(3)41-24(20-80-81(73,74)75)15-23(18-60-41)43(70)71/h6-9,12-13,15-16,18,30-31,33H,14,17,19-21H2,1-5H3,(H,62,69)(H,70,71)(H2,73,74,75)/t30-,31+,33?/m0/s1. The van der Waals surface area contributed by atoms with Gasteiger partial charge in [0.05, 0.1) is 46.1 Å². The number of amides is 3. The number of nitrogens with one attached hydrogen (secondary N) is 1. The van der Waals surface area contributed by atoms with Crippen molar-refractivity contribution in [3.05, 3.63) is 116 Å². The Balaban J connectivity index is 1.36. The molecule has 3 amide bonds. The molecule has 0 saturated heterocycles. The van der Waals surface area contributed by atoms with Gasteiger partial charge in [-0.25, -0.2) is 49.7 Å². The first-order valence-corrected chi connectivity index (χ1v) is 29.2. The van der Waals surface area contributed by atoms with Gasteiger partial charge >= 0.3 is 32.2 Å². The highest BCUT2D eigenvalue weighted by Crippen LogP contribution is 2.68. The van der Waals surface area contributed by atoms with Gasteiger partial charge in [-0.2, -0.15) is 49.6 Å². The second kappa shape index (κ2) is 21.4. The van der Waals surface area contributed by atoms with E-state index in [1.165, 1.54) is 13.8 Å². The van der Waals surface area contributed by atoms with Crippen molar-refractivity contribution in [3.8, 4) is 23.0 Å². The van der Waals surface area contributed by atoms with Crippen LogP contribution in [0.1, 0.15) is 82.1 Å². The Morgan fingerprint density at radius 1 is 0.952 bits per heavy atom. The zero-order chi connectivity index (χ0) is 61.6. The van der Waals surface area contributed by atoms with Crippen molar-refractivity contribution in [2.45, 2.75) is 81.4 Å². The summed E-state index contributed by atoms with van der Waals surface area (Å²) in [5.74, 6) is -9.02. The molecule has 2 aliphatic carbocycles. The van der Waals surface area contributed by atoms with Crippen LogP contribution in [0, 0.1) is 29.4 Å². The number of pyridine rings is 2. The summed E-state index contributed by atoms with van der Waals surface area (Å²) in [5.41, 5.74) is -7.88. The minimum absolute atomic E-state index is 0.138. The fraction of sp³-hybridized carbons (Fsp3) is 0.354. The predicted octanol–water partition coefficient (Wildman–Crippen LogP) is 8.02. The third-order valence-corrected chi connectivity index (χ3v) is 16.9. The number of hydrogen-bond donors (Lipinski definition) is 4. The number of phosphoric ester groups is 1. The molecule has 4 heterocycles. The Bertz CT molecular complexity index is 4030. The molecule has 83 heavy (non-hydrogen) atoms. The van der Waals surface area contributed by atoms with Crippen molar-refractivity contribution in [1.82, 2.24) is 34.8 Å². The zero-order valence-corrected chi connectivity index (χ0v) is 46.3. The van der Waals surface area contributed by atoms with Crippen LogP contribution in [-0.4, -0.2) is 110 Å². The predicted molar refractivity (Wildman–Crippen MR) is 272 cm³/mol.